The maximum Gasteiger partial charge on any atom is 0.241 e. The van der Waals surface area contributed by atoms with Gasteiger partial charge in [-0.25, -0.2) is 4.90 Å². The Kier molecular flexibility index (Phi) is 6.82. The zero-order valence-electron chi connectivity index (χ0n) is 28.7. The Morgan fingerprint density at radius 2 is 1.38 bits per heavy atom. The maximum absolute atomic E-state index is 5.21. The van der Waals surface area contributed by atoms with Crippen LogP contribution in [0.3, 0.4) is 0 Å². The van der Waals surface area contributed by atoms with E-state index in [1.165, 1.54) is 91.3 Å². The molecule has 2 atom stereocenters. The van der Waals surface area contributed by atoms with E-state index in [2.05, 4.69) is 162 Å². The van der Waals surface area contributed by atoms with Gasteiger partial charge in [-0.15, -0.1) is 11.3 Å². The van der Waals surface area contributed by atoms with Gasteiger partial charge in [0.15, 0.2) is 0 Å². The molecule has 6 aromatic carbocycles. The zero-order chi connectivity index (χ0) is 34.2. The Labute approximate surface area is 306 Å². The molecule has 3 heterocycles. The minimum Gasteiger partial charge on any atom is -0.313 e. The fourth-order valence-electron chi connectivity index (χ4n) is 8.78. The molecule has 248 valence electrons. The molecule has 52 heavy (non-hydrogen) atoms. The van der Waals surface area contributed by atoms with E-state index in [1.54, 1.807) is 0 Å². The van der Waals surface area contributed by atoms with Crippen LogP contribution in [0.15, 0.2) is 174 Å². The number of amidine groups is 1. The Bertz CT molecular complexity index is 2910. The SMILES string of the molecule is C1=CC(C2N=C(c3ccccc3)[NH+]2C2=CC=C(n3c4ccc(-c5ccc6sc7ccccc7c6c5)cc4c4c5ccccc5ccc43)CC2)=CCC1. The van der Waals surface area contributed by atoms with Crippen molar-refractivity contribution in [1.82, 2.24) is 4.57 Å². The largest absolute Gasteiger partial charge is 0.313 e. The number of nitrogens with zero attached hydrogens (tertiary/aromatic N) is 2. The molecule has 3 nitrogen and oxygen atoms in total. The number of aromatic nitrogens is 1. The van der Waals surface area contributed by atoms with Crippen molar-refractivity contribution < 1.29 is 4.90 Å². The van der Waals surface area contributed by atoms with Gasteiger partial charge in [0.1, 0.15) is 5.70 Å². The molecule has 0 radical (unpaired) electrons. The fourth-order valence-corrected chi connectivity index (χ4v) is 9.87. The number of allylic oxidation sites excluding steroid dienone is 6. The summed E-state index contributed by atoms with van der Waals surface area (Å²) in [5.41, 5.74) is 10.3. The van der Waals surface area contributed by atoms with E-state index in [4.69, 9.17) is 4.99 Å². The van der Waals surface area contributed by atoms with E-state index in [0.29, 0.717) is 0 Å². The highest BCUT2D eigenvalue weighted by molar-refractivity contribution is 7.25. The minimum absolute atomic E-state index is 0.122. The Morgan fingerprint density at radius 3 is 2.23 bits per heavy atom. The van der Waals surface area contributed by atoms with Gasteiger partial charge in [-0.05, 0) is 102 Å². The molecule has 0 saturated carbocycles. The van der Waals surface area contributed by atoms with Gasteiger partial charge in [-0.2, -0.15) is 4.99 Å². The highest BCUT2D eigenvalue weighted by Gasteiger charge is 2.43. The first-order valence-corrected chi connectivity index (χ1v) is 19.3. The summed E-state index contributed by atoms with van der Waals surface area (Å²) in [6.45, 7) is 0. The topological polar surface area (TPSA) is 21.7 Å². The van der Waals surface area contributed by atoms with Crippen molar-refractivity contribution in [3.63, 3.8) is 0 Å². The molecule has 2 aromatic heterocycles. The second kappa shape index (κ2) is 11.9. The molecule has 1 N–H and O–H groups in total. The number of nitrogens with one attached hydrogen (secondary N) is 1. The molecule has 0 amide bonds. The molecule has 0 fully saturated rings. The number of aliphatic imine (C=N–C) groups is 1. The normalized spacial score (nSPS) is 18.8. The van der Waals surface area contributed by atoms with Crippen LogP contribution in [0.5, 0.6) is 0 Å². The van der Waals surface area contributed by atoms with Crippen molar-refractivity contribution in [2.45, 2.75) is 31.8 Å². The van der Waals surface area contributed by atoms with Crippen LogP contribution in [0.1, 0.15) is 31.2 Å². The van der Waals surface area contributed by atoms with Gasteiger partial charge in [-0.1, -0.05) is 97.1 Å². The van der Waals surface area contributed by atoms with Crippen LogP contribution >= 0.6 is 11.3 Å². The molecule has 2 unspecified atom stereocenters. The van der Waals surface area contributed by atoms with E-state index >= 15 is 0 Å². The first-order chi connectivity index (χ1) is 25.8. The van der Waals surface area contributed by atoms with Gasteiger partial charge in [-0.3, -0.25) is 0 Å². The van der Waals surface area contributed by atoms with Crippen molar-refractivity contribution in [1.29, 1.82) is 0 Å². The summed E-state index contributed by atoms with van der Waals surface area (Å²) >= 11 is 1.88. The van der Waals surface area contributed by atoms with E-state index in [-0.39, 0.29) is 6.17 Å². The van der Waals surface area contributed by atoms with Crippen molar-refractivity contribution in [2.75, 3.05) is 0 Å². The van der Waals surface area contributed by atoms with Crippen LogP contribution in [-0.4, -0.2) is 16.6 Å². The number of hydrogen-bond donors (Lipinski definition) is 1. The highest BCUT2D eigenvalue weighted by Crippen LogP contribution is 2.41. The quantitative estimate of drug-likeness (QED) is 0.186. The number of thiophene rings is 1. The molecule has 0 spiro atoms. The highest BCUT2D eigenvalue weighted by atomic mass is 32.1. The predicted molar refractivity (Wildman–Crippen MR) is 221 cm³/mol. The van der Waals surface area contributed by atoms with E-state index in [0.717, 1.165) is 31.5 Å². The van der Waals surface area contributed by atoms with E-state index in [9.17, 15) is 0 Å². The smallest absolute Gasteiger partial charge is 0.241 e. The number of quaternary nitrogens is 1. The Hall–Kier alpha value is -5.81. The third-order valence-electron chi connectivity index (χ3n) is 11.3. The van der Waals surface area contributed by atoms with Crippen LogP contribution in [-0.2, 0) is 0 Å². The van der Waals surface area contributed by atoms with Crippen LogP contribution in [0.25, 0.3) is 69.6 Å². The van der Waals surface area contributed by atoms with Crippen molar-refractivity contribution in [3.8, 4) is 11.1 Å². The summed E-state index contributed by atoms with van der Waals surface area (Å²) in [5, 5.41) is 7.89. The van der Waals surface area contributed by atoms with Crippen LogP contribution in [0.2, 0.25) is 0 Å². The Balaban J connectivity index is 1.05. The number of fused-ring (bicyclic) bond motifs is 8. The molecular formula is C48H36N3S+. The minimum atomic E-state index is 0.122. The molecule has 3 aliphatic rings. The predicted octanol–water partition coefficient (Wildman–Crippen LogP) is 11.4. The van der Waals surface area contributed by atoms with E-state index < -0.39 is 0 Å². The summed E-state index contributed by atoms with van der Waals surface area (Å²) in [6.07, 6.45) is 16.0. The van der Waals surface area contributed by atoms with Gasteiger partial charge in [0, 0.05) is 48.6 Å². The van der Waals surface area contributed by atoms with Gasteiger partial charge >= 0.3 is 0 Å². The molecule has 4 heteroatoms. The van der Waals surface area contributed by atoms with Gasteiger partial charge in [0.05, 0.1) is 16.6 Å². The fraction of sp³-hybridized carbons (Fsp3) is 0.104. The summed E-state index contributed by atoms with van der Waals surface area (Å²) < 4.78 is 5.21. The molecule has 0 bridgehead atoms. The number of benzene rings is 6. The lowest BCUT2D eigenvalue weighted by molar-refractivity contribution is -0.808. The van der Waals surface area contributed by atoms with Crippen LogP contribution in [0, 0.1) is 0 Å². The molecule has 1 aliphatic heterocycles. The maximum atomic E-state index is 5.21. The summed E-state index contributed by atoms with van der Waals surface area (Å²) in [5.74, 6) is 1.15. The lowest BCUT2D eigenvalue weighted by Gasteiger charge is -2.37. The second-order valence-electron chi connectivity index (χ2n) is 14.3. The standard InChI is InChI=1S/C48H35N3S/c1-3-12-32(13-4-1)47-49-48(33-14-5-2-6-15-33)51(47)37-24-22-36(23-25-37)50-42-26-20-34(30-41(42)46-38-16-8-7-11-31(38)19-27-43(46)50)35-21-28-45-40(29-35)39-17-9-10-18-44(39)52-45/h1,3-5,7-22,24,26-30,48H,2,6,23,25H2/p+1. The van der Waals surface area contributed by atoms with Crippen LogP contribution < -0.4 is 4.90 Å². The molecule has 0 saturated heterocycles. The van der Waals surface area contributed by atoms with Crippen LogP contribution in [0.4, 0.5) is 0 Å². The third-order valence-corrected chi connectivity index (χ3v) is 12.5. The number of hydrogen-bond acceptors (Lipinski definition) is 2. The van der Waals surface area contributed by atoms with E-state index in [1.807, 2.05) is 11.3 Å². The van der Waals surface area contributed by atoms with Crippen molar-refractivity contribution >= 4 is 75.6 Å². The lowest BCUT2D eigenvalue weighted by atomic mass is 9.97. The van der Waals surface area contributed by atoms with Gasteiger partial charge in [0.25, 0.3) is 0 Å². The molecular weight excluding hydrogens is 651 g/mol. The summed E-state index contributed by atoms with van der Waals surface area (Å²) in [7, 11) is 0. The summed E-state index contributed by atoms with van der Waals surface area (Å²) in [6, 6.07) is 47.1. The average Bonchev–Trinajstić information content (AvgIpc) is 3.74. The molecule has 8 aromatic rings. The third kappa shape index (κ3) is 4.65. The summed E-state index contributed by atoms with van der Waals surface area (Å²) in [4.78, 5) is 6.60. The first-order valence-electron chi connectivity index (χ1n) is 18.4. The van der Waals surface area contributed by atoms with Gasteiger partial charge in [0.2, 0.25) is 12.0 Å². The first kappa shape index (κ1) is 29.9. The Morgan fingerprint density at radius 1 is 0.615 bits per heavy atom. The van der Waals surface area contributed by atoms with Crippen molar-refractivity contribution in [3.05, 3.63) is 175 Å². The van der Waals surface area contributed by atoms with Gasteiger partial charge < -0.3 is 4.57 Å². The zero-order valence-corrected chi connectivity index (χ0v) is 29.5. The lowest BCUT2D eigenvalue weighted by Crippen LogP contribution is -3.21. The second-order valence-corrected chi connectivity index (χ2v) is 15.3. The average molecular weight is 687 g/mol. The number of rotatable bonds is 5. The molecule has 2 aliphatic carbocycles. The van der Waals surface area contributed by atoms with Crippen molar-refractivity contribution in [2.24, 2.45) is 4.99 Å². The monoisotopic (exact) mass is 686 g/mol. The molecule has 11 rings (SSSR count).